The third-order valence-corrected chi connectivity index (χ3v) is 4.54. The first-order valence-electron chi connectivity index (χ1n) is 10.0. The van der Waals surface area contributed by atoms with E-state index >= 15 is 0 Å². The maximum Gasteiger partial charge on any atom is 0.325 e. The van der Waals surface area contributed by atoms with Crippen LogP contribution in [0.2, 0.25) is 0 Å². The van der Waals surface area contributed by atoms with Crippen LogP contribution in [0.5, 0.6) is 5.75 Å². The van der Waals surface area contributed by atoms with E-state index in [1.54, 1.807) is 54.6 Å². The highest BCUT2D eigenvalue weighted by molar-refractivity contribution is 6.11. The van der Waals surface area contributed by atoms with Gasteiger partial charge >= 0.3 is 11.9 Å². The molecule has 0 saturated carbocycles. The first-order valence-corrected chi connectivity index (χ1v) is 10.0. The molecule has 0 heterocycles. The smallest absolute Gasteiger partial charge is 0.325 e. The average molecular weight is 446 g/mol. The third-order valence-electron chi connectivity index (χ3n) is 4.54. The van der Waals surface area contributed by atoms with Gasteiger partial charge in [0.15, 0.2) is 0 Å². The van der Waals surface area contributed by atoms with Gasteiger partial charge in [-0.2, -0.15) is 0 Å². The summed E-state index contributed by atoms with van der Waals surface area (Å²) in [7, 11) is 1.23. The molecule has 0 spiro atoms. The number of benzene rings is 3. The van der Waals surface area contributed by atoms with E-state index < -0.39 is 23.8 Å². The number of hydrogen-bond donors (Lipinski definition) is 1. The largest absolute Gasteiger partial charge is 0.468 e. The Bertz CT molecular complexity index is 1160. The van der Waals surface area contributed by atoms with Crippen molar-refractivity contribution >= 4 is 35.1 Å². The maximum atomic E-state index is 13.4. The van der Waals surface area contributed by atoms with E-state index in [0.717, 1.165) is 0 Å². The van der Waals surface area contributed by atoms with Gasteiger partial charge in [0.2, 0.25) is 0 Å². The quantitative estimate of drug-likeness (QED) is 0.439. The molecule has 0 radical (unpaired) electrons. The topological polar surface area (TPSA) is 102 Å². The second kappa shape index (κ2) is 10.7. The fraction of sp³-hybridized carbons (Fsp3) is 0.120. The van der Waals surface area contributed by atoms with E-state index in [1.165, 1.54) is 37.1 Å². The number of anilines is 2. The van der Waals surface area contributed by atoms with Crippen LogP contribution in [-0.2, 0) is 14.3 Å². The molecule has 8 nitrogen and oxygen atoms in total. The summed E-state index contributed by atoms with van der Waals surface area (Å²) in [5.74, 6) is -2.27. The summed E-state index contributed by atoms with van der Waals surface area (Å²) in [4.78, 5) is 51.0. The van der Waals surface area contributed by atoms with Gasteiger partial charge in [0.25, 0.3) is 11.8 Å². The van der Waals surface area contributed by atoms with E-state index in [0.29, 0.717) is 11.4 Å². The number of amides is 2. The van der Waals surface area contributed by atoms with Gasteiger partial charge in [-0.05, 0) is 42.5 Å². The Morgan fingerprint density at radius 2 is 1.45 bits per heavy atom. The lowest BCUT2D eigenvalue weighted by Gasteiger charge is -2.22. The molecule has 0 unspecified atom stereocenters. The Kier molecular flexibility index (Phi) is 7.54. The molecule has 0 aromatic heterocycles. The predicted molar refractivity (Wildman–Crippen MR) is 122 cm³/mol. The number of rotatable bonds is 7. The predicted octanol–water partition coefficient (Wildman–Crippen LogP) is 3.68. The Hall–Kier alpha value is -4.46. The fourth-order valence-corrected chi connectivity index (χ4v) is 3.04. The minimum absolute atomic E-state index is 0.0256. The zero-order valence-corrected chi connectivity index (χ0v) is 18.1. The Labute approximate surface area is 190 Å². The molecule has 3 rings (SSSR count). The SMILES string of the molecule is COC(=O)CN(C(=O)c1cc(OC(C)=O)cc(C(=O)Nc2ccccc2)c1)c1ccccc1. The van der Waals surface area contributed by atoms with Crippen molar-refractivity contribution in [1.29, 1.82) is 0 Å². The molecule has 0 saturated heterocycles. The molecule has 168 valence electrons. The number of methoxy groups -OCH3 is 1. The minimum Gasteiger partial charge on any atom is -0.468 e. The van der Waals surface area contributed by atoms with Crippen LogP contribution in [0.25, 0.3) is 0 Å². The lowest BCUT2D eigenvalue weighted by atomic mass is 10.1. The van der Waals surface area contributed by atoms with Gasteiger partial charge in [-0.15, -0.1) is 0 Å². The molecule has 0 fully saturated rings. The molecular weight excluding hydrogens is 424 g/mol. The molecule has 3 aromatic rings. The molecule has 0 bridgehead atoms. The van der Waals surface area contributed by atoms with Crippen molar-refractivity contribution in [3.8, 4) is 5.75 Å². The summed E-state index contributed by atoms with van der Waals surface area (Å²) >= 11 is 0. The molecule has 2 amide bonds. The van der Waals surface area contributed by atoms with E-state index in [9.17, 15) is 19.2 Å². The van der Waals surface area contributed by atoms with Crippen molar-refractivity contribution < 1.29 is 28.7 Å². The summed E-state index contributed by atoms with van der Waals surface area (Å²) in [6.07, 6.45) is 0. The lowest BCUT2D eigenvalue weighted by molar-refractivity contribution is -0.139. The molecule has 1 N–H and O–H groups in total. The number of nitrogens with zero attached hydrogens (tertiary/aromatic N) is 1. The molecule has 0 aliphatic rings. The van der Waals surface area contributed by atoms with Gasteiger partial charge in [0, 0.05) is 29.4 Å². The van der Waals surface area contributed by atoms with Gasteiger partial charge in [0.05, 0.1) is 7.11 Å². The first-order chi connectivity index (χ1) is 15.9. The van der Waals surface area contributed by atoms with Crippen LogP contribution in [-0.4, -0.2) is 37.4 Å². The van der Waals surface area contributed by atoms with Crippen molar-refractivity contribution in [3.05, 3.63) is 90.0 Å². The first kappa shape index (κ1) is 23.2. The van der Waals surface area contributed by atoms with E-state index in [2.05, 4.69) is 5.32 Å². The summed E-state index contributed by atoms with van der Waals surface area (Å²) in [5.41, 5.74) is 1.18. The van der Waals surface area contributed by atoms with Crippen molar-refractivity contribution in [2.75, 3.05) is 23.9 Å². The molecule has 8 heteroatoms. The number of hydrogen-bond acceptors (Lipinski definition) is 6. The number of carbonyl (C=O) groups is 4. The molecule has 0 atom stereocenters. The fourth-order valence-electron chi connectivity index (χ4n) is 3.04. The highest BCUT2D eigenvalue weighted by Gasteiger charge is 2.23. The van der Waals surface area contributed by atoms with Crippen LogP contribution in [0.15, 0.2) is 78.9 Å². The molecule has 0 aliphatic carbocycles. The van der Waals surface area contributed by atoms with Crippen molar-refractivity contribution in [1.82, 2.24) is 0 Å². The summed E-state index contributed by atoms with van der Waals surface area (Å²) < 4.78 is 9.88. The lowest BCUT2D eigenvalue weighted by Crippen LogP contribution is -2.36. The Balaban J connectivity index is 2.00. The number of para-hydroxylation sites is 2. The van der Waals surface area contributed by atoms with E-state index in [-0.39, 0.29) is 23.4 Å². The van der Waals surface area contributed by atoms with Gasteiger partial charge in [0.1, 0.15) is 12.3 Å². The molecule has 0 aliphatic heterocycles. The maximum absolute atomic E-state index is 13.4. The standard InChI is InChI=1S/C25H22N2O6/c1-17(28)33-22-14-18(24(30)26-20-9-5-3-6-10-20)13-19(15-22)25(31)27(16-23(29)32-2)21-11-7-4-8-12-21/h3-15H,16H2,1-2H3,(H,26,30). The second-order valence-electron chi connectivity index (χ2n) is 6.96. The van der Waals surface area contributed by atoms with Crippen LogP contribution in [0.1, 0.15) is 27.6 Å². The van der Waals surface area contributed by atoms with Gasteiger partial charge < -0.3 is 14.8 Å². The Morgan fingerprint density at radius 1 is 0.848 bits per heavy atom. The highest BCUT2D eigenvalue weighted by atomic mass is 16.5. The van der Waals surface area contributed by atoms with Gasteiger partial charge in [-0.25, -0.2) is 0 Å². The van der Waals surface area contributed by atoms with Crippen LogP contribution in [0.3, 0.4) is 0 Å². The normalized spacial score (nSPS) is 10.1. The molecule has 33 heavy (non-hydrogen) atoms. The van der Waals surface area contributed by atoms with Crippen LogP contribution < -0.4 is 15.0 Å². The number of ether oxygens (including phenoxy) is 2. The second-order valence-corrected chi connectivity index (χ2v) is 6.96. The summed E-state index contributed by atoms with van der Waals surface area (Å²) in [6, 6.07) is 21.4. The summed E-state index contributed by atoms with van der Waals surface area (Å²) in [6.45, 7) is 0.869. The zero-order valence-electron chi connectivity index (χ0n) is 18.1. The zero-order chi connectivity index (χ0) is 23.8. The van der Waals surface area contributed by atoms with Crippen LogP contribution in [0.4, 0.5) is 11.4 Å². The third kappa shape index (κ3) is 6.27. The number of carbonyl (C=O) groups excluding carboxylic acids is 4. The minimum atomic E-state index is -0.620. The highest BCUT2D eigenvalue weighted by Crippen LogP contribution is 2.23. The molecule has 3 aromatic carbocycles. The van der Waals surface area contributed by atoms with Gasteiger partial charge in [-0.3, -0.25) is 24.1 Å². The molecular formula is C25H22N2O6. The van der Waals surface area contributed by atoms with Gasteiger partial charge in [-0.1, -0.05) is 36.4 Å². The van der Waals surface area contributed by atoms with Crippen molar-refractivity contribution in [3.63, 3.8) is 0 Å². The van der Waals surface area contributed by atoms with Crippen LogP contribution in [0, 0.1) is 0 Å². The van der Waals surface area contributed by atoms with E-state index in [4.69, 9.17) is 9.47 Å². The summed E-state index contributed by atoms with van der Waals surface area (Å²) in [5, 5.41) is 2.73. The van der Waals surface area contributed by atoms with Crippen LogP contribution >= 0.6 is 0 Å². The van der Waals surface area contributed by atoms with Crippen molar-refractivity contribution in [2.24, 2.45) is 0 Å². The monoisotopic (exact) mass is 446 g/mol. The Morgan fingerprint density at radius 3 is 2.06 bits per heavy atom. The number of esters is 2. The van der Waals surface area contributed by atoms with Crippen molar-refractivity contribution in [2.45, 2.75) is 6.92 Å². The average Bonchev–Trinajstić information content (AvgIpc) is 2.82. The van der Waals surface area contributed by atoms with E-state index in [1.807, 2.05) is 6.07 Å². The number of nitrogens with one attached hydrogen (secondary N) is 1.